The highest BCUT2D eigenvalue weighted by Gasteiger charge is 2.10. The number of hydrogen-bond donors (Lipinski definition) is 1. The molecule has 2 heterocycles. The highest BCUT2D eigenvalue weighted by molar-refractivity contribution is 5.81. The minimum absolute atomic E-state index is 0.0327. The molecule has 0 saturated carbocycles. The fraction of sp³-hybridized carbons (Fsp3) is 0.188. The fourth-order valence-corrected chi connectivity index (χ4v) is 2.17. The predicted octanol–water partition coefficient (Wildman–Crippen LogP) is 2.64. The van der Waals surface area contributed by atoms with Crippen LogP contribution in [0.4, 0.5) is 8.78 Å². The van der Waals surface area contributed by atoms with E-state index < -0.39 is 13.0 Å². The Morgan fingerprint density at radius 3 is 2.83 bits per heavy atom. The molecule has 6 nitrogen and oxygen atoms in total. The van der Waals surface area contributed by atoms with E-state index in [9.17, 15) is 13.6 Å². The predicted molar refractivity (Wildman–Crippen MR) is 83.6 cm³/mol. The topological polar surface area (TPSA) is 77.1 Å². The van der Waals surface area contributed by atoms with Crippen molar-refractivity contribution in [1.82, 2.24) is 15.0 Å². The first kappa shape index (κ1) is 15.9. The number of methoxy groups -OCH3 is 1. The zero-order valence-corrected chi connectivity index (χ0v) is 12.6. The van der Waals surface area contributed by atoms with Gasteiger partial charge in [0.15, 0.2) is 6.61 Å². The highest BCUT2D eigenvalue weighted by atomic mass is 19.3. The Labute approximate surface area is 135 Å². The van der Waals surface area contributed by atoms with Crippen LogP contribution in [0.2, 0.25) is 0 Å². The van der Waals surface area contributed by atoms with Crippen LogP contribution in [-0.4, -0.2) is 35.1 Å². The summed E-state index contributed by atoms with van der Waals surface area (Å²) in [5.74, 6) is 0.876. The number of H-pyrrole nitrogens is 1. The summed E-state index contributed by atoms with van der Waals surface area (Å²) in [5.41, 5.74) is 0.659. The maximum absolute atomic E-state index is 12.2. The van der Waals surface area contributed by atoms with Gasteiger partial charge in [0.2, 0.25) is 5.88 Å². The molecule has 0 bridgehead atoms. The number of benzene rings is 1. The summed E-state index contributed by atoms with van der Waals surface area (Å²) in [5, 5.41) is 0.390. The number of aromatic nitrogens is 3. The minimum atomic E-state index is -2.59. The van der Waals surface area contributed by atoms with Crippen LogP contribution in [0.15, 0.2) is 41.3 Å². The van der Waals surface area contributed by atoms with Crippen LogP contribution in [0.5, 0.6) is 11.6 Å². The molecule has 8 heteroatoms. The molecule has 124 valence electrons. The summed E-state index contributed by atoms with van der Waals surface area (Å²) < 4.78 is 34.4. The van der Waals surface area contributed by atoms with Crippen molar-refractivity contribution in [1.29, 1.82) is 0 Å². The van der Waals surface area contributed by atoms with Crippen molar-refractivity contribution >= 4 is 10.9 Å². The molecule has 0 spiro atoms. The Hall–Kier alpha value is -3.03. The van der Waals surface area contributed by atoms with Crippen LogP contribution in [0.25, 0.3) is 22.3 Å². The maximum Gasteiger partial charge on any atom is 0.272 e. The summed E-state index contributed by atoms with van der Waals surface area (Å²) in [6.07, 6.45) is -1.20. The zero-order valence-electron chi connectivity index (χ0n) is 12.6. The Kier molecular flexibility index (Phi) is 4.37. The van der Waals surface area contributed by atoms with Crippen LogP contribution in [0, 0.1) is 0 Å². The van der Waals surface area contributed by atoms with Crippen molar-refractivity contribution in [3.8, 4) is 23.0 Å². The molecule has 0 unspecified atom stereocenters. The van der Waals surface area contributed by atoms with Crippen LogP contribution >= 0.6 is 0 Å². The van der Waals surface area contributed by atoms with Crippen molar-refractivity contribution in [2.75, 3.05) is 13.7 Å². The molecule has 0 aliphatic rings. The summed E-state index contributed by atoms with van der Waals surface area (Å²) in [7, 11) is 1.51. The number of fused-ring (bicyclic) bond motifs is 1. The van der Waals surface area contributed by atoms with Crippen molar-refractivity contribution in [3.05, 3.63) is 46.9 Å². The quantitative estimate of drug-likeness (QED) is 0.777. The van der Waals surface area contributed by atoms with Crippen molar-refractivity contribution in [3.63, 3.8) is 0 Å². The molecule has 24 heavy (non-hydrogen) atoms. The highest BCUT2D eigenvalue weighted by Crippen LogP contribution is 2.21. The van der Waals surface area contributed by atoms with Crippen molar-refractivity contribution in [2.24, 2.45) is 0 Å². The second-order valence-corrected chi connectivity index (χ2v) is 4.88. The average molecular weight is 333 g/mol. The van der Waals surface area contributed by atoms with E-state index in [1.54, 1.807) is 24.3 Å². The second-order valence-electron chi connectivity index (χ2n) is 4.88. The van der Waals surface area contributed by atoms with Gasteiger partial charge in [0.25, 0.3) is 12.0 Å². The van der Waals surface area contributed by atoms with Gasteiger partial charge < -0.3 is 14.5 Å². The van der Waals surface area contributed by atoms with Crippen LogP contribution in [0.3, 0.4) is 0 Å². The van der Waals surface area contributed by atoms with Crippen molar-refractivity contribution in [2.45, 2.75) is 6.43 Å². The molecule has 0 saturated heterocycles. The first-order valence-electron chi connectivity index (χ1n) is 7.02. The summed E-state index contributed by atoms with van der Waals surface area (Å²) in [4.78, 5) is 23.1. The van der Waals surface area contributed by atoms with E-state index in [2.05, 4.69) is 15.0 Å². The van der Waals surface area contributed by atoms with Gasteiger partial charge in [-0.2, -0.15) is 0 Å². The van der Waals surface area contributed by atoms with Gasteiger partial charge in [0, 0.05) is 17.8 Å². The number of alkyl halides is 2. The van der Waals surface area contributed by atoms with Crippen LogP contribution < -0.4 is 15.0 Å². The third-order valence-corrected chi connectivity index (χ3v) is 3.28. The lowest BCUT2D eigenvalue weighted by molar-refractivity contribution is 0.0796. The van der Waals surface area contributed by atoms with E-state index in [4.69, 9.17) is 9.47 Å². The number of nitrogens with one attached hydrogen (secondary N) is 1. The Bertz CT molecular complexity index is 928. The zero-order chi connectivity index (χ0) is 17.1. The Morgan fingerprint density at radius 2 is 2.08 bits per heavy atom. The largest absolute Gasteiger partial charge is 0.497 e. The summed E-state index contributed by atoms with van der Waals surface area (Å²) in [6, 6.07) is 8.00. The lowest BCUT2D eigenvalue weighted by Gasteiger charge is -2.07. The van der Waals surface area contributed by atoms with Gasteiger partial charge in [-0.05, 0) is 24.3 Å². The first-order chi connectivity index (χ1) is 11.6. The number of halogens is 2. The standard InChI is InChI=1S/C16H13F2N3O3/c1-23-10-2-3-12-11(7-10)16(22)21-15(20-12)9-4-5-19-14(6-9)24-8-13(17)18/h2-7,13H,8H2,1H3,(H,20,21,22). The number of ether oxygens (including phenoxy) is 2. The first-order valence-corrected chi connectivity index (χ1v) is 7.02. The van der Waals surface area contributed by atoms with Gasteiger partial charge in [-0.25, -0.2) is 18.7 Å². The van der Waals surface area contributed by atoms with E-state index >= 15 is 0 Å². The van der Waals surface area contributed by atoms with Crippen LogP contribution in [-0.2, 0) is 0 Å². The molecule has 0 amide bonds. The van der Waals surface area contributed by atoms with Gasteiger partial charge in [0.1, 0.15) is 11.6 Å². The number of aromatic amines is 1. The molecule has 3 rings (SSSR count). The van der Waals surface area contributed by atoms with E-state index in [0.29, 0.717) is 28.0 Å². The molecule has 0 aliphatic heterocycles. The fourth-order valence-electron chi connectivity index (χ4n) is 2.17. The van der Waals surface area contributed by atoms with Gasteiger partial charge in [0.05, 0.1) is 18.0 Å². The average Bonchev–Trinajstić information content (AvgIpc) is 2.60. The van der Waals surface area contributed by atoms with E-state index in [1.165, 1.54) is 19.4 Å². The molecular formula is C16H13F2N3O3. The molecule has 0 aliphatic carbocycles. The Morgan fingerprint density at radius 1 is 1.25 bits per heavy atom. The smallest absolute Gasteiger partial charge is 0.272 e. The number of hydrogen-bond acceptors (Lipinski definition) is 5. The molecular weight excluding hydrogens is 320 g/mol. The SMILES string of the molecule is COc1ccc2nc(-c3ccnc(OCC(F)F)c3)[nH]c(=O)c2c1. The molecule has 0 radical (unpaired) electrons. The maximum atomic E-state index is 12.2. The summed E-state index contributed by atoms with van der Waals surface area (Å²) >= 11 is 0. The third kappa shape index (κ3) is 3.32. The van der Waals surface area contributed by atoms with Crippen molar-refractivity contribution < 1.29 is 18.3 Å². The molecule has 2 aromatic heterocycles. The van der Waals surface area contributed by atoms with Gasteiger partial charge in [-0.1, -0.05) is 0 Å². The molecule has 1 N–H and O–H groups in total. The molecule has 0 atom stereocenters. The number of nitrogens with zero attached hydrogens (tertiary/aromatic N) is 2. The van der Waals surface area contributed by atoms with Crippen LogP contribution in [0.1, 0.15) is 0 Å². The monoisotopic (exact) mass is 333 g/mol. The molecule has 0 fully saturated rings. The van der Waals surface area contributed by atoms with Gasteiger partial charge in [-0.15, -0.1) is 0 Å². The number of rotatable bonds is 5. The lowest BCUT2D eigenvalue weighted by atomic mass is 10.2. The molecule has 3 aromatic rings. The van der Waals surface area contributed by atoms with E-state index in [-0.39, 0.29) is 11.4 Å². The van der Waals surface area contributed by atoms with Gasteiger partial charge >= 0.3 is 0 Å². The third-order valence-electron chi connectivity index (χ3n) is 3.28. The van der Waals surface area contributed by atoms with E-state index in [0.717, 1.165) is 0 Å². The van der Waals surface area contributed by atoms with Gasteiger partial charge in [-0.3, -0.25) is 4.79 Å². The second kappa shape index (κ2) is 6.61. The van der Waals surface area contributed by atoms with E-state index in [1.807, 2.05) is 0 Å². The number of pyridine rings is 1. The Balaban J connectivity index is 2.00. The molecule has 1 aromatic carbocycles. The summed E-state index contributed by atoms with van der Waals surface area (Å²) in [6.45, 7) is -0.752. The normalized spacial score (nSPS) is 11.0. The lowest BCUT2D eigenvalue weighted by Crippen LogP contribution is -2.10. The minimum Gasteiger partial charge on any atom is -0.497 e.